The van der Waals surface area contributed by atoms with Crippen molar-refractivity contribution in [2.24, 2.45) is 11.8 Å². The number of hydrogen-bond donors (Lipinski definition) is 1. The highest BCUT2D eigenvalue weighted by Crippen LogP contribution is 2.42. The van der Waals surface area contributed by atoms with E-state index in [0.717, 1.165) is 19.3 Å². The maximum atomic E-state index is 12.4. The van der Waals surface area contributed by atoms with Crippen molar-refractivity contribution in [3.8, 4) is 0 Å². The second kappa shape index (κ2) is 7.79. The lowest BCUT2D eigenvalue weighted by atomic mass is 9.94. The predicted octanol–water partition coefficient (Wildman–Crippen LogP) is 1.74. The molecule has 0 aromatic heterocycles. The maximum Gasteiger partial charge on any atom is 0.326 e. The van der Waals surface area contributed by atoms with E-state index in [2.05, 4.69) is 0 Å². The second-order valence-corrected chi connectivity index (χ2v) is 6.60. The van der Waals surface area contributed by atoms with Crippen LogP contribution in [0.25, 0.3) is 0 Å². The summed E-state index contributed by atoms with van der Waals surface area (Å²) in [7, 11) is 0. The number of carboxylic acid groups (broad SMARTS) is 1. The molecule has 2 amide bonds. The Morgan fingerprint density at radius 1 is 1.13 bits per heavy atom. The summed E-state index contributed by atoms with van der Waals surface area (Å²) < 4.78 is 0. The monoisotopic (exact) mass is 324 g/mol. The number of fused-ring (bicyclic) bond motifs is 1. The van der Waals surface area contributed by atoms with Gasteiger partial charge in [0, 0.05) is 32.5 Å². The molecule has 1 saturated heterocycles. The molecule has 0 aromatic carbocycles. The van der Waals surface area contributed by atoms with Crippen molar-refractivity contribution in [3.63, 3.8) is 0 Å². The molecule has 130 valence electrons. The molecule has 1 heterocycles. The van der Waals surface area contributed by atoms with Gasteiger partial charge in [0.1, 0.15) is 6.04 Å². The topological polar surface area (TPSA) is 77.9 Å². The SMILES string of the molecule is CCN(CC)C(=O)CCCC(=O)N1CC2CCCC2C1C(=O)O. The fraction of sp³-hybridized carbons (Fsp3) is 0.824. The van der Waals surface area contributed by atoms with Crippen molar-refractivity contribution < 1.29 is 19.5 Å². The third-order valence-corrected chi connectivity index (χ3v) is 5.36. The van der Waals surface area contributed by atoms with Crippen LogP contribution in [0.5, 0.6) is 0 Å². The van der Waals surface area contributed by atoms with Gasteiger partial charge in [-0.05, 0) is 44.9 Å². The van der Waals surface area contributed by atoms with Crippen molar-refractivity contribution in [2.45, 2.75) is 58.4 Å². The van der Waals surface area contributed by atoms with Gasteiger partial charge < -0.3 is 14.9 Å². The van der Waals surface area contributed by atoms with Crippen molar-refractivity contribution in [2.75, 3.05) is 19.6 Å². The standard InChI is InChI=1S/C17H28N2O4/c1-3-18(4-2)14(20)9-6-10-15(21)19-11-12-7-5-8-13(12)16(19)17(22)23/h12-13,16H,3-11H2,1-2H3,(H,22,23). The molecule has 1 saturated carbocycles. The van der Waals surface area contributed by atoms with Crippen LogP contribution in [0, 0.1) is 11.8 Å². The first-order valence-electron chi connectivity index (χ1n) is 8.79. The van der Waals surface area contributed by atoms with Gasteiger partial charge in [-0.2, -0.15) is 0 Å². The smallest absolute Gasteiger partial charge is 0.326 e. The number of carbonyl (C=O) groups excluding carboxylic acids is 2. The van der Waals surface area contributed by atoms with Crippen LogP contribution in [-0.2, 0) is 14.4 Å². The Kier molecular flexibility index (Phi) is 6.02. The lowest BCUT2D eigenvalue weighted by Gasteiger charge is -2.24. The molecule has 0 spiro atoms. The third kappa shape index (κ3) is 3.85. The zero-order valence-corrected chi connectivity index (χ0v) is 14.2. The normalized spacial score (nSPS) is 26.2. The van der Waals surface area contributed by atoms with E-state index in [1.54, 1.807) is 9.80 Å². The molecule has 3 unspecified atom stereocenters. The van der Waals surface area contributed by atoms with E-state index < -0.39 is 12.0 Å². The van der Waals surface area contributed by atoms with Crippen molar-refractivity contribution in [3.05, 3.63) is 0 Å². The van der Waals surface area contributed by atoms with Crippen LogP contribution in [-0.4, -0.2) is 58.4 Å². The Hall–Kier alpha value is -1.59. The fourth-order valence-electron chi connectivity index (χ4n) is 4.15. The lowest BCUT2D eigenvalue weighted by molar-refractivity contribution is -0.149. The summed E-state index contributed by atoms with van der Waals surface area (Å²) in [6.45, 7) is 5.81. The second-order valence-electron chi connectivity index (χ2n) is 6.60. The van der Waals surface area contributed by atoms with Crippen LogP contribution in [0.2, 0.25) is 0 Å². The van der Waals surface area contributed by atoms with E-state index in [1.807, 2.05) is 13.8 Å². The van der Waals surface area contributed by atoms with Crippen LogP contribution in [0.3, 0.4) is 0 Å². The molecule has 1 aliphatic heterocycles. The van der Waals surface area contributed by atoms with Crippen molar-refractivity contribution in [1.82, 2.24) is 9.80 Å². The molecule has 0 bridgehead atoms. The molecule has 1 N–H and O–H groups in total. The van der Waals surface area contributed by atoms with Gasteiger partial charge in [-0.3, -0.25) is 9.59 Å². The molecule has 6 nitrogen and oxygen atoms in total. The minimum absolute atomic E-state index is 0.0656. The third-order valence-electron chi connectivity index (χ3n) is 5.36. The predicted molar refractivity (Wildman–Crippen MR) is 85.7 cm³/mol. The number of aliphatic carboxylic acids is 1. The highest BCUT2D eigenvalue weighted by atomic mass is 16.4. The van der Waals surface area contributed by atoms with E-state index in [0.29, 0.717) is 38.4 Å². The van der Waals surface area contributed by atoms with Crippen LogP contribution < -0.4 is 0 Å². The molecule has 1 aliphatic carbocycles. The van der Waals surface area contributed by atoms with Gasteiger partial charge in [-0.25, -0.2) is 4.79 Å². The highest BCUT2D eigenvalue weighted by molar-refractivity contribution is 5.85. The first kappa shape index (κ1) is 17.8. The zero-order valence-electron chi connectivity index (χ0n) is 14.2. The molecular weight excluding hydrogens is 296 g/mol. The van der Waals surface area contributed by atoms with E-state index in [4.69, 9.17) is 0 Å². The largest absolute Gasteiger partial charge is 0.480 e. The average Bonchev–Trinajstić information content (AvgIpc) is 3.08. The zero-order chi connectivity index (χ0) is 17.0. The minimum Gasteiger partial charge on any atom is -0.480 e. The van der Waals surface area contributed by atoms with Gasteiger partial charge in [0.15, 0.2) is 0 Å². The Bertz CT molecular complexity index is 462. The van der Waals surface area contributed by atoms with E-state index in [1.165, 1.54) is 0 Å². The molecule has 2 fully saturated rings. The summed E-state index contributed by atoms with van der Waals surface area (Å²) in [4.78, 5) is 39.2. The number of carbonyl (C=O) groups is 3. The number of nitrogens with zero attached hydrogens (tertiary/aromatic N) is 2. The Morgan fingerprint density at radius 2 is 1.83 bits per heavy atom. The van der Waals surface area contributed by atoms with E-state index in [-0.39, 0.29) is 24.2 Å². The lowest BCUT2D eigenvalue weighted by Crippen LogP contribution is -2.43. The van der Waals surface area contributed by atoms with Gasteiger partial charge in [-0.15, -0.1) is 0 Å². The Balaban J connectivity index is 1.85. The summed E-state index contributed by atoms with van der Waals surface area (Å²) in [6.07, 6.45) is 4.11. The molecule has 2 rings (SSSR count). The van der Waals surface area contributed by atoms with E-state index >= 15 is 0 Å². The summed E-state index contributed by atoms with van der Waals surface area (Å²) in [5.74, 6) is -0.465. The van der Waals surface area contributed by atoms with Crippen LogP contribution in [0.15, 0.2) is 0 Å². The molecule has 0 aromatic rings. The van der Waals surface area contributed by atoms with Crippen LogP contribution >= 0.6 is 0 Å². The van der Waals surface area contributed by atoms with Gasteiger partial charge in [-0.1, -0.05) is 6.42 Å². The first-order valence-corrected chi connectivity index (χ1v) is 8.79. The molecule has 0 radical (unpaired) electrons. The minimum atomic E-state index is -0.882. The number of hydrogen-bond acceptors (Lipinski definition) is 3. The van der Waals surface area contributed by atoms with E-state index in [9.17, 15) is 19.5 Å². The molecule has 6 heteroatoms. The molecule has 3 atom stereocenters. The number of likely N-dealkylation sites (tertiary alicyclic amines) is 1. The Labute approximate surface area is 137 Å². The summed E-state index contributed by atoms with van der Waals surface area (Å²) in [5, 5.41) is 9.48. The van der Waals surface area contributed by atoms with Gasteiger partial charge >= 0.3 is 5.97 Å². The average molecular weight is 324 g/mol. The van der Waals surface area contributed by atoms with Crippen molar-refractivity contribution in [1.29, 1.82) is 0 Å². The number of carboxylic acids is 1. The summed E-state index contributed by atoms with van der Waals surface area (Å²) in [5.41, 5.74) is 0. The quantitative estimate of drug-likeness (QED) is 0.774. The first-order chi connectivity index (χ1) is 11.0. The van der Waals surface area contributed by atoms with Gasteiger partial charge in [0.2, 0.25) is 11.8 Å². The van der Waals surface area contributed by atoms with Crippen LogP contribution in [0.1, 0.15) is 52.4 Å². The summed E-state index contributed by atoms with van der Waals surface area (Å²) in [6, 6.07) is -0.659. The van der Waals surface area contributed by atoms with Gasteiger partial charge in [0.25, 0.3) is 0 Å². The Morgan fingerprint density at radius 3 is 2.43 bits per heavy atom. The number of rotatable bonds is 7. The van der Waals surface area contributed by atoms with Crippen molar-refractivity contribution >= 4 is 17.8 Å². The maximum absolute atomic E-state index is 12.4. The molecule has 23 heavy (non-hydrogen) atoms. The molecular formula is C17H28N2O4. The summed E-state index contributed by atoms with van der Waals surface area (Å²) >= 11 is 0. The fourth-order valence-corrected chi connectivity index (χ4v) is 4.15. The van der Waals surface area contributed by atoms with Gasteiger partial charge in [0.05, 0.1) is 0 Å². The number of amides is 2. The van der Waals surface area contributed by atoms with Crippen LogP contribution in [0.4, 0.5) is 0 Å². The molecule has 2 aliphatic rings. The highest BCUT2D eigenvalue weighted by Gasteiger charge is 2.49.